The molecule has 4 nitrogen and oxygen atoms in total. The average Bonchev–Trinajstić information content (AvgIpc) is 2.93. The highest BCUT2D eigenvalue weighted by Gasteiger charge is 2.21. The number of aromatic nitrogens is 2. The number of rotatable bonds is 6. The number of aryl methyl sites for hydroxylation is 1. The molecule has 1 aromatic heterocycles. The van der Waals surface area contributed by atoms with Gasteiger partial charge in [0.2, 0.25) is 0 Å². The predicted molar refractivity (Wildman–Crippen MR) is 98.4 cm³/mol. The van der Waals surface area contributed by atoms with Crippen molar-refractivity contribution in [3.63, 3.8) is 0 Å². The van der Waals surface area contributed by atoms with Crippen LogP contribution in [-0.4, -0.2) is 27.5 Å². The van der Waals surface area contributed by atoms with Gasteiger partial charge < -0.3 is 9.88 Å². The first-order valence-electron chi connectivity index (χ1n) is 9.06. The number of hydrogen-bond acceptors (Lipinski definition) is 3. The van der Waals surface area contributed by atoms with E-state index in [0.29, 0.717) is 0 Å². The zero-order valence-corrected chi connectivity index (χ0v) is 15.2. The van der Waals surface area contributed by atoms with Gasteiger partial charge in [-0.1, -0.05) is 38.1 Å². The number of nitrogens with zero attached hydrogens (tertiary/aromatic N) is 3. The fourth-order valence-electron chi connectivity index (χ4n) is 3.83. The van der Waals surface area contributed by atoms with Crippen molar-refractivity contribution in [1.82, 2.24) is 19.8 Å². The molecule has 0 aliphatic carbocycles. The molecule has 4 heteroatoms. The van der Waals surface area contributed by atoms with Crippen LogP contribution in [0.1, 0.15) is 37.1 Å². The van der Waals surface area contributed by atoms with E-state index in [4.69, 9.17) is 0 Å². The summed E-state index contributed by atoms with van der Waals surface area (Å²) in [7, 11) is 2.03. The molecule has 0 saturated carbocycles. The first-order valence-corrected chi connectivity index (χ1v) is 9.06. The number of hydrogen-bond donors (Lipinski definition) is 1. The number of piperidine rings is 1. The maximum absolute atomic E-state index is 4.14. The molecule has 0 amide bonds. The predicted octanol–water partition coefficient (Wildman–Crippen LogP) is 3.19. The third-order valence-electron chi connectivity index (χ3n) is 4.93. The Bertz CT molecular complexity index is 621. The minimum absolute atomic E-state index is 0.823. The van der Waals surface area contributed by atoms with Crippen molar-refractivity contribution < 1.29 is 0 Å². The van der Waals surface area contributed by atoms with E-state index in [0.717, 1.165) is 31.5 Å². The lowest BCUT2D eigenvalue weighted by Gasteiger charge is -2.35. The fourth-order valence-corrected chi connectivity index (χ4v) is 3.83. The molecular formula is C20H30N4. The molecular weight excluding hydrogens is 296 g/mol. The summed E-state index contributed by atoms with van der Waals surface area (Å²) in [5, 5.41) is 3.49. The number of nitrogens with one attached hydrogen (secondary N) is 1. The van der Waals surface area contributed by atoms with Crippen LogP contribution >= 0.6 is 0 Å². The Labute approximate surface area is 145 Å². The van der Waals surface area contributed by atoms with Crippen molar-refractivity contribution in [3.05, 3.63) is 53.6 Å². The van der Waals surface area contributed by atoms with Gasteiger partial charge >= 0.3 is 0 Å². The Kier molecular flexibility index (Phi) is 5.69. The second kappa shape index (κ2) is 7.95. The van der Waals surface area contributed by atoms with E-state index in [1.807, 2.05) is 19.6 Å². The van der Waals surface area contributed by atoms with Crippen LogP contribution in [0.25, 0.3) is 0 Å². The van der Waals surface area contributed by atoms with Gasteiger partial charge in [-0.15, -0.1) is 0 Å². The maximum atomic E-state index is 4.14. The summed E-state index contributed by atoms with van der Waals surface area (Å²) >= 11 is 0. The minimum Gasteiger partial charge on any atom is -0.337 e. The summed E-state index contributed by atoms with van der Waals surface area (Å²) in [5.74, 6) is 1.65. The van der Waals surface area contributed by atoms with Crippen molar-refractivity contribution in [1.29, 1.82) is 0 Å². The molecule has 1 N–H and O–H groups in total. The quantitative estimate of drug-likeness (QED) is 0.885. The standard InChI is InChI=1S/C20H30N4/c1-16-8-17(2)13-24(12-16)14-19-6-4-18(5-7-19)9-21-10-20-11-22-15-23(20)3/h4-7,11,15-17,21H,8-10,12-14H2,1-3H3. The Morgan fingerprint density at radius 1 is 1.04 bits per heavy atom. The van der Waals surface area contributed by atoms with Gasteiger partial charge in [-0.3, -0.25) is 4.90 Å². The van der Waals surface area contributed by atoms with Gasteiger partial charge in [0.15, 0.2) is 0 Å². The molecule has 24 heavy (non-hydrogen) atoms. The molecule has 1 aliphatic heterocycles. The van der Waals surface area contributed by atoms with E-state index in [9.17, 15) is 0 Å². The third kappa shape index (κ3) is 4.68. The number of imidazole rings is 1. The maximum Gasteiger partial charge on any atom is 0.0945 e. The van der Waals surface area contributed by atoms with Crippen LogP contribution in [-0.2, 0) is 26.7 Å². The normalized spacial score (nSPS) is 22.0. The summed E-state index contributed by atoms with van der Waals surface area (Å²) in [6, 6.07) is 9.07. The molecule has 0 spiro atoms. The lowest BCUT2D eigenvalue weighted by atomic mass is 9.91. The van der Waals surface area contributed by atoms with Crippen molar-refractivity contribution >= 4 is 0 Å². The van der Waals surface area contributed by atoms with Gasteiger partial charge in [-0.2, -0.15) is 0 Å². The molecule has 2 aromatic rings. The highest BCUT2D eigenvalue weighted by atomic mass is 15.1. The molecule has 2 heterocycles. The second-order valence-corrected chi connectivity index (χ2v) is 7.56. The lowest BCUT2D eigenvalue weighted by molar-refractivity contribution is 0.134. The molecule has 1 saturated heterocycles. The van der Waals surface area contributed by atoms with E-state index >= 15 is 0 Å². The van der Waals surface area contributed by atoms with Crippen molar-refractivity contribution in [2.45, 2.75) is 39.9 Å². The van der Waals surface area contributed by atoms with E-state index in [1.165, 1.54) is 36.3 Å². The monoisotopic (exact) mass is 326 g/mol. The first-order chi connectivity index (χ1) is 11.6. The largest absolute Gasteiger partial charge is 0.337 e. The molecule has 0 bridgehead atoms. The van der Waals surface area contributed by atoms with Gasteiger partial charge in [0.05, 0.1) is 12.0 Å². The summed E-state index contributed by atoms with van der Waals surface area (Å²) in [4.78, 5) is 6.75. The van der Waals surface area contributed by atoms with Crippen LogP contribution < -0.4 is 5.32 Å². The van der Waals surface area contributed by atoms with Crippen molar-refractivity contribution in [3.8, 4) is 0 Å². The molecule has 1 aromatic carbocycles. The highest BCUT2D eigenvalue weighted by molar-refractivity contribution is 5.22. The molecule has 2 unspecified atom stereocenters. The number of likely N-dealkylation sites (tertiary alicyclic amines) is 1. The summed E-state index contributed by atoms with van der Waals surface area (Å²) in [5.41, 5.74) is 3.97. The fraction of sp³-hybridized carbons (Fsp3) is 0.550. The van der Waals surface area contributed by atoms with Crippen LogP contribution in [0.15, 0.2) is 36.8 Å². The zero-order chi connectivity index (χ0) is 16.9. The highest BCUT2D eigenvalue weighted by Crippen LogP contribution is 2.22. The third-order valence-corrected chi connectivity index (χ3v) is 4.93. The average molecular weight is 326 g/mol. The summed E-state index contributed by atoms with van der Waals surface area (Å²) in [6.07, 6.45) is 5.13. The van der Waals surface area contributed by atoms with Gasteiger partial charge in [0.25, 0.3) is 0 Å². The van der Waals surface area contributed by atoms with Crippen LogP contribution in [0.2, 0.25) is 0 Å². The van der Waals surface area contributed by atoms with Crippen LogP contribution in [0.4, 0.5) is 0 Å². The molecule has 3 rings (SSSR count). The second-order valence-electron chi connectivity index (χ2n) is 7.56. The van der Waals surface area contributed by atoms with Gasteiger partial charge in [-0.25, -0.2) is 4.98 Å². The Morgan fingerprint density at radius 3 is 2.33 bits per heavy atom. The van der Waals surface area contributed by atoms with E-state index in [-0.39, 0.29) is 0 Å². The lowest BCUT2D eigenvalue weighted by Crippen LogP contribution is -2.38. The first kappa shape index (κ1) is 17.2. The Balaban J connectivity index is 1.47. The smallest absolute Gasteiger partial charge is 0.0945 e. The van der Waals surface area contributed by atoms with E-state index < -0.39 is 0 Å². The molecule has 1 fully saturated rings. The topological polar surface area (TPSA) is 33.1 Å². The molecule has 130 valence electrons. The molecule has 1 aliphatic rings. The SMILES string of the molecule is CC1CC(C)CN(Cc2ccc(CNCc3cncn3C)cc2)C1. The van der Waals surface area contributed by atoms with Crippen LogP contribution in [0.5, 0.6) is 0 Å². The molecule has 0 radical (unpaired) electrons. The van der Waals surface area contributed by atoms with Gasteiger partial charge in [0, 0.05) is 46.0 Å². The Hall–Kier alpha value is -1.65. The minimum atomic E-state index is 0.823. The number of benzene rings is 1. The zero-order valence-electron chi connectivity index (χ0n) is 15.2. The summed E-state index contributed by atoms with van der Waals surface area (Å²) in [6.45, 7) is 10.0. The van der Waals surface area contributed by atoms with E-state index in [1.54, 1.807) is 0 Å². The van der Waals surface area contributed by atoms with Crippen LogP contribution in [0, 0.1) is 11.8 Å². The van der Waals surface area contributed by atoms with Gasteiger partial charge in [-0.05, 0) is 29.4 Å². The molecule has 2 atom stereocenters. The van der Waals surface area contributed by atoms with E-state index in [2.05, 4.69) is 57.9 Å². The van der Waals surface area contributed by atoms with Crippen molar-refractivity contribution in [2.75, 3.05) is 13.1 Å². The Morgan fingerprint density at radius 2 is 1.71 bits per heavy atom. The van der Waals surface area contributed by atoms with Gasteiger partial charge in [0.1, 0.15) is 0 Å². The summed E-state index contributed by atoms with van der Waals surface area (Å²) < 4.78 is 2.05. The van der Waals surface area contributed by atoms with Crippen LogP contribution in [0.3, 0.4) is 0 Å². The van der Waals surface area contributed by atoms with Crippen molar-refractivity contribution in [2.24, 2.45) is 18.9 Å².